The number of rotatable bonds is 5. The van der Waals surface area contributed by atoms with E-state index < -0.39 is 0 Å². The van der Waals surface area contributed by atoms with Gasteiger partial charge in [0.15, 0.2) is 5.78 Å². The highest BCUT2D eigenvalue weighted by atomic mass is 16.2. The van der Waals surface area contributed by atoms with Crippen LogP contribution in [0.1, 0.15) is 70.3 Å². The summed E-state index contributed by atoms with van der Waals surface area (Å²) >= 11 is 0. The third-order valence-electron chi connectivity index (χ3n) is 4.92. The van der Waals surface area contributed by atoms with Gasteiger partial charge in [-0.2, -0.15) is 0 Å². The van der Waals surface area contributed by atoms with Crippen LogP contribution < -0.4 is 5.32 Å². The summed E-state index contributed by atoms with van der Waals surface area (Å²) in [5.41, 5.74) is 5.37. The zero-order chi connectivity index (χ0) is 19.9. The van der Waals surface area contributed by atoms with E-state index in [9.17, 15) is 9.59 Å². The van der Waals surface area contributed by atoms with Gasteiger partial charge in [0.05, 0.1) is 28.3 Å². The zero-order valence-corrected chi connectivity index (χ0v) is 16.7. The average Bonchev–Trinajstić information content (AvgIpc) is 3.12. The number of benzene rings is 1. The minimum atomic E-state index is -0.264. The van der Waals surface area contributed by atoms with E-state index in [0.29, 0.717) is 22.5 Å². The van der Waals surface area contributed by atoms with Crippen molar-refractivity contribution >= 4 is 22.7 Å². The molecule has 3 rings (SSSR count). The van der Waals surface area contributed by atoms with Gasteiger partial charge in [-0.25, -0.2) is 4.98 Å². The van der Waals surface area contributed by atoms with E-state index in [0.717, 1.165) is 22.4 Å². The number of aromatic amines is 2. The number of fused-ring (bicyclic) bond motifs is 1. The van der Waals surface area contributed by atoms with Crippen molar-refractivity contribution in [3.05, 3.63) is 52.1 Å². The summed E-state index contributed by atoms with van der Waals surface area (Å²) in [5.74, 6) is 0.589. The maximum atomic E-state index is 13.0. The van der Waals surface area contributed by atoms with Crippen molar-refractivity contribution in [2.24, 2.45) is 5.92 Å². The number of imidazole rings is 1. The first-order chi connectivity index (χ1) is 12.7. The maximum absolute atomic E-state index is 13.0. The van der Waals surface area contributed by atoms with Crippen LogP contribution in [0.2, 0.25) is 0 Å². The van der Waals surface area contributed by atoms with E-state index in [2.05, 4.69) is 20.3 Å². The third kappa shape index (κ3) is 3.52. The predicted molar refractivity (Wildman–Crippen MR) is 106 cm³/mol. The van der Waals surface area contributed by atoms with E-state index in [1.165, 1.54) is 6.92 Å². The van der Waals surface area contributed by atoms with Crippen LogP contribution in [0.5, 0.6) is 0 Å². The fraction of sp³-hybridized carbons (Fsp3) is 0.381. The Labute approximate surface area is 158 Å². The Morgan fingerprint density at radius 2 is 1.81 bits per heavy atom. The first kappa shape index (κ1) is 18.9. The van der Waals surface area contributed by atoms with Crippen molar-refractivity contribution < 1.29 is 9.59 Å². The fourth-order valence-corrected chi connectivity index (χ4v) is 3.50. The molecule has 0 radical (unpaired) electrons. The molecule has 142 valence electrons. The second-order valence-corrected chi connectivity index (χ2v) is 7.52. The van der Waals surface area contributed by atoms with Crippen molar-refractivity contribution in [3.63, 3.8) is 0 Å². The molecule has 6 heteroatoms. The van der Waals surface area contributed by atoms with E-state index >= 15 is 0 Å². The summed E-state index contributed by atoms with van der Waals surface area (Å²) in [6, 6.07) is 5.78. The number of amides is 1. The highest BCUT2D eigenvalue weighted by Gasteiger charge is 2.26. The first-order valence-electron chi connectivity index (χ1n) is 9.16. The number of aryl methyl sites for hydroxylation is 2. The Kier molecular flexibility index (Phi) is 4.91. The summed E-state index contributed by atoms with van der Waals surface area (Å²) in [7, 11) is 0. The molecule has 0 spiro atoms. The lowest BCUT2D eigenvalue weighted by atomic mass is 10.0. The lowest BCUT2D eigenvalue weighted by molar-refractivity contribution is 0.0922. The van der Waals surface area contributed by atoms with Gasteiger partial charge in [0.1, 0.15) is 5.82 Å². The minimum Gasteiger partial charge on any atom is -0.355 e. The SMILES string of the molecule is CC(=O)c1[nH]c(C)c(C(=O)N[C@@H](c2nc3ccc(C)cc3[nH]2)C(C)C)c1C. The molecular formula is C21H26N4O2. The topological polar surface area (TPSA) is 90.6 Å². The van der Waals surface area contributed by atoms with Gasteiger partial charge >= 0.3 is 0 Å². The predicted octanol–water partition coefficient (Wildman–Crippen LogP) is 4.15. The average molecular weight is 366 g/mol. The summed E-state index contributed by atoms with van der Waals surface area (Å²) in [5, 5.41) is 3.09. The Hall–Kier alpha value is -2.89. The number of H-pyrrole nitrogens is 2. The normalized spacial score (nSPS) is 12.6. The number of carbonyl (C=O) groups excluding carboxylic acids is 2. The molecule has 3 aromatic rings. The van der Waals surface area contributed by atoms with Crippen LogP contribution >= 0.6 is 0 Å². The number of ketones is 1. The number of aromatic nitrogens is 3. The molecule has 1 amide bonds. The molecule has 6 nitrogen and oxygen atoms in total. The lowest BCUT2D eigenvalue weighted by Crippen LogP contribution is -2.33. The number of nitrogens with one attached hydrogen (secondary N) is 3. The van der Waals surface area contributed by atoms with E-state index in [4.69, 9.17) is 0 Å². The van der Waals surface area contributed by atoms with Gasteiger partial charge in [0.25, 0.3) is 5.91 Å². The third-order valence-corrected chi connectivity index (χ3v) is 4.92. The second kappa shape index (κ2) is 7.02. The molecule has 0 aliphatic heterocycles. The van der Waals surface area contributed by atoms with Crippen molar-refractivity contribution in [3.8, 4) is 0 Å². The molecule has 1 aromatic carbocycles. The largest absolute Gasteiger partial charge is 0.355 e. The van der Waals surface area contributed by atoms with Crippen LogP contribution in [0.15, 0.2) is 18.2 Å². The van der Waals surface area contributed by atoms with Crippen molar-refractivity contribution in [2.75, 3.05) is 0 Å². The first-order valence-corrected chi connectivity index (χ1v) is 9.16. The molecule has 1 atom stereocenters. The zero-order valence-electron chi connectivity index (χ0n) is 16.7. The Morgan fingerprint density at radius 1 is 1.11 bits per heavy atom. The number of hydrogen-bond donors (Lipinski definition) is 3. The molecule has 0 fully saturated rings. The molecule has 0 aliphatic carbocycles. The van der Waals surface area contributed by atoms with Gasteiger partial charge in [0, 0.05) is 12.6 Å². The molecule has 0 saturated carbocycles. The molecule has 0 aliphatic rings. The van der Waals surface area contributed by atoms with Gasteiger partial charge < -0.3 is 15.3 Å². The molecule has 0 unspecified atom stereocenters. The molecule has 0 bridgehead atoms. The molecule has 2 heterocycles. The Morgan fingerprint density at radius 3 is 2.41 bits per heavy atom. The van der Waals surface area contributed by atoms with Crippen molar-refractivity contribution in [1.82, 2.24) is 20.3 Å². The summed E-state index contributed by atoms with van der Waals surface area (Å²) in [6.45, 7) is 11.2. The van der Waals surface area contributed by atoms with Crippen LogP contribution in [-0.4, -0.2) is 26.6 Å². The van der Waals surface area contributed by atoms with Gasteiger partial charge in [-0.3, -0.25) is 9.59 Å². The van der Waals surface area contributed by atoms with Crippen molar-refractivity contribution in [2.45, 2.75) is 47.6 Å². The van der Waals surface area contributed by atoms with E-state index in [1.54, 1.807) is 6.92 Å². The Balaban J connectivity index is 1.95. The number of carbonyl (C=O) groups is 2. The quantitative estimate of drug-likeness (QED) is 0.593. The van der Waals surface area contributed by atoms with Gasteiger partial charge in [-0.05, 0) is 49.9 Å². The highest BCUT2D eigenvalue weighted by molar-refractivity contribution is 6.02. The van der Waals surface area contributed by atoms with Crippen LogP contribution in [0.25, 0.3) is 11.0 Å². The van der Waals surface area contributed by atoms with Gasteiger partial charge in [0.2, 0.25) is 0 Å². The van der Waals surface area contributed by atoms with E-state index in [1.807, 2.05) is 45.9 Å². The fourth-order valence-electron chi connectivity index (χ4n) is 3.50. The molecule has 3 N–H and O–H groups in total. The minimum absolute atomic E-state index is 0.0808. The standard InChI is InChI=1S/C21H26N4O2/c1-10(2)18(20-23-15-8-7-11(3)9-16(15)24-20)25-21(27)17-12(4)19(14(6)26)22-13(17)5/h7-10,18,22H,1-6H3,(H,23,24)(H,25,27)/t18-/m1/s1. The molecule has 2 aromatic heterocycles. The van der Waals surface area contributed by atoms with E-state index in [-0.39, 0.29) is 23.7 Å². The van der Waals surface area contributed by atoms with Crippen LogP contribution in [-0.2, 0) is 0 Å². The van der Waals surface area contributed by atoms with Gasteiger partial charge in [-0.15, -0.1) is 0 Å². The number of Topliss-reactive ketones (excluding diaryl/α,β-unsaturated/α-hetero) is 1. The Bertz CT molecular complexity index is 1030. The number of nitrogens with zero attached hydrogens (tertiary/aromatic N) is 1. The summed E-state index contributed by atoms with van der Waals surface area (Å²) in [4.78, 5) is 35.8. The summed E-state index contributed by atoms with van der Waals surface area (Å²) in [6.07, 6.45) is 0. The maximum Gasteiger partial charge on any atom is 0.253 e. The molecule has 0 saturated heterocycles. The smallest absolute Gasteiger partial charge is 0.253 e. The molecular weight excluding hydrogens is 340 g/mol. The van der Waals surface area contributed by atoms with Crippen molar-refractivity contribution in [1.29, 1.82) is 0 Å². The highest BCUT2D eigenvalue weighted by Crippen LogP contribution is 2.25. The van der Waals surface area contributed by atoms with Gasteiger partial charge in [-0.1, -0.05) is 19.9 Å². The van der Waals surface area contributed by atoms with Crippen LogP contribution in [0.4, 0.5) is 0 Å². The monoisotopic (exact) mass is 366 g/mol. The lowest BCUT2D eigenvalue weighted by Gasteiger charge is -2.20. The molecule has 27 heavy (non-hydrogen) atoms. The number of hydrogen-bond acceptors (Lipinski definition) is 3. The summed E-state index contributed by atoms with van der Waals surface area (Å²) < 4.78 is 0. The van der Waals surface area contributed by atoms with Crippen LogP contribution in [0.3, 0.4) is 0 Å². The van der Waals surface area contributed by atoms with Crippen LogP contribution in [0, 0.1) is 26.7 Å². The second-order valence-electron chi connectivity index (χ2n) is 7.52.